The molecule has 0 saturated carbocycles. The standard InChI is InChI=1S/C14H16N2O4/c1-16(7-6-13(18)19)14(20)10-8-12(17)15-11-5-3-2-4-9(10)11/h2-5,10H,6-8H2,1H3,(H,15,17)(H,18,19). The van der Waals surface area contributed by atoms with Gasteiger partial charge in [-0.05, 0) is 11.6 Å². The second-order valence-electron chi connectivity index (χ2n) is 4.80. The molecule has 2 N–H and O–H groups in total. The summed E-state index contributed by atoms with van der Waals surface area (Å²) in [7, 11) is 1.56. The van der Waals surface area contributed by atoms with Crippen LogP contribution in [0.1, 0.15) is 24.3 Å². The zero-order chi connectivity index (χ0) is 14.7. The van der Waals surface area contributed by atoms with Crippen LogP contribution in [0.3, 0.4) is 0 Å². The van der Waals surface area contributed by atoms with Crippen molar-refractivity contribution in [3.8, 4) is 0 Å². The molecular formula is C14H16N2O4. The molecule has 0 aliphatic carbocycles. The van der Waals surface area contributed by atoms with Gasteiger partial charge in [-0.1, -0.05) is 18.2 Å². The number of carboxylic acids is 1. The van der Waals surface area contributed by atoms with Crippen molar-refractivity contribution in [1.82, 2.24) is 4.90 Å². The number of likely N-dealkylation sites (N-methyl/N-ethyl adjacent to an activating group) is 1. The Balaban J connectivity index is 2.17. The van der Waals surface area contributed by atoms with E-state index in [1.807, 2.05) is 12.1 Å². The number of amides is 2. The van der Waals surface area contributed by atoms with E-state index in [0.29, 0.717) is 5.69 Å². The molecule has 20 heavy (non-hydrogen) atoms. The summed E-state index contributed by atoms with van der Waals surface area (Å²) >= 11 is 0. The summed E-state index contributed by atoms with van der Waals surface area (Å²) in [6, 6.07) is 7.17. The number of carbonyl (C=O) groups excluding carboxylic acids is 2. The van der Waals surface area contributed by atoms with Crippen LogP contribution >= 0.6 is 0 Å². The molecule has 0 fully saturated rings. The van der Waals surface area contributed by atoms with E-state index >= 15 is 0 Å². The third-order valence-corrected chi connectivity index (χ3v) is 3.34. The van der Waals surface area contributed by atoms with E-state index in [2.05, 4.69) is 5.32 Å². The lowest BCUT2D eigenvalue weighted by molar-refractivity contribution is -0.139. The number of benzene rings is 1. The van der Waals surface area contributed by atoms with Crippen molar-refractivity contribution in [1.29, 1.82) is 0 Å². The number of nitrogens with one attached hydrogen (secondary N) is 1. The van der Waals surface area contributed by atoms with Crippen molar-refractivity contribution < 1.29 is 19.5 Å². The molecule has 6 heteroatoms. The van der Waals surface area contributed by atoms with Crippen LogP contribution in [0, 0.1) is 0 Å². The minimum Gasteiger partial charge on any atom is -0.481 e. The smallest absolute Gasteiger partial charge is 0.305 e. The second kappa shape index (κ2) is 5.73. The molecule has 0 bridgehead atoms. The fourth-order valence-electron chi connectivity index (χ4n) is 2.27. The van der Waals surface area contributed by atoms with Crippen LogP contribution in [0.5, 0.6) is 0 Å². The Kier molecular flexibility index (Phi) is 4.02. The van der Waals surface area contributed by atoms with Crippen molar-refractivity contribution >= 4 is 23.5 Å². The molecule has 0 aromatic heterocycles. The van der Waals surface area contributed by atoms with E-state index in [0.717, 1.165) is 5.56 Å². The van der Waals surface area contributed by atoms with Crippen LogP contribution in [-0.4, -0.2) is 41.4 Å². The minimum absolute atomic E-state index is 0.0905. The highest BCUT2D eigenvalue weighted by molar-refractivity contribution is 6.01. The van der Waals surface area contributed by atoms with Gasteiger partial charge in [0.1, 0.15) is 0 Å². The summed E-state index contributed by atoms with van der Waals surface area (Å²) in [6.07, 6.45) is -0.0178. The molecule has 0 spiro atoms. The van der Waals surface area contributed by atoms with Crippen molar-refractivity contribution in [2.45, 2.75) is 18.8 Å². The first-order valence-electron chi connectivity index (χ1n) is 6.34. The molecule has 0 saturated heterocycles. The maximum absolute atomic E-state index is 12.4. The van der Waals surface area contributed by atoms with Crippen LogP contribution in [-0.2, 0) is 14.4 Å². The molecule has 1 aliphatic rings. The first kappa shape index (κ1) is 14.0. The molecule has 1 aromatic carbocycles. The molecule has 1 aromatic rings. The maximum Gasteiger partial charge on any atom is 0.305 e. The number of aliphatic carboxylic acids is 1. The van der Waals surface area contributed by atoms with Crippen molar-refractivity contribution in [2.75, 3.05) is 18.9 Å². The highest BCUT2D eigenvalue weighted by atomic mass is 16.4. The molecule has 1 heterocycles. The first-order valence-corrected chi connectivity index (χ1v) is 6.34. The number of rotatable bonds is 4. The molecule has 2 amide bonds. The summed E-state index contributed by atoms with van der Waals surface area (Å²) < 4.78 is 0. The number of hydrogen-bond donors (Lipinski definition) is 2. The molecular weight excluding hydrogens is 260 g/mol. The SMILES string of the molecule is CN(CCC(=O)O)C(=O)C1CC(=O)Nc2ccccc21. The first-order chi connectivity index (χ1) is 9.49. The molecule has 1 aliphatic heterocycles. The van der Waals surface area contributed by atoms with E-state index in [9.17, 15) is 14.4 Å². The third-order valence-electron chi connectivity index (χ3n) is 3.34. The van der Waals surface area contributed by atoms with E-state index in [-0.39, 0.29) is 31.2 Å². The third kappa shape index (κ3) is 2.96. The van der Waals surface area contributed by atoms with Crippen LogP contribution in [0.25, 0.3) is 0 Å². The van der Waals surface area contributed by atoms with Gasteiger partial charge >= 0.3 is 5.97 Å². The molecule has 1 unspecified atom stereocenters. The molecule has 1 atom stereocenters. The van der Waals surface area contributed by atoms with E-state index in [4.69, 9.17) is 5.11 Å². The molecule has 6 nitrogen and oxygen atoms in total. The van der Waals surface area contributed by atoms with Crippen molar-refractivity contribution in [3.05, 3.63) is 29.8 Å². The van der Waals surface area contributed by atoms with Gasteiger partial charge in [0, 0.05) is 25.7 Å². The minimum atomic E-state index is -0.952. The van der Waals surface area contributed by atoms with Gasteiger partial charge in [-0.15, -0.1) is 0 Å². The second-order valence-corrected chi connectivity index (χ2v) is 4.80. The van der Waals surface area contributed by atoms with Gasteiger partial charge in [-0.2, -0.15) is 0 Å². The van der Waals surface area contributed by atoms with Crippen molar-refractivity contribution in [3.63, 3.8) is 0 Å². The molecule has 2 rings (SSSR count). The van der Waals surface area contributed by atoms with Crippen LogP contribution in [0.4, 0.5) is 5.69 Å². The highest BCUT2D eigenvalue weighted by Gasteiger charge is 2.32. The number of nitrogens with zero attached hydrogens (tertiary/aromatic N) is 1. The zero-order valence-corrected chi connectivity index (χ0v) is 11.1. The lowest BCUT2D eigenvalue weighted by Gasteiger charge is -2.28. The summed E-state index contributed by atoms with van der Waals surface area (Å²) in [6.45, 7) is 0.133. The summed E-state index contributed by atoms with van der Waals surface area (Å²) in [5.74, 6) is -1.92. The largest absolute Gasteiger partial charge is 0.481 e. The van der Waals surface area contributed by atoms with Gasteiger partial charge in [0.2, 0.25) is 11.8 Å². The Morgan fingerprint density at radius 2 is 2.10 bits per heavy atom. The topological polar surface area (TPSA) is 86.7 Å². The quantitative estimate of drug-likeness (QED) is 0.860. The predicted octanol–water partition coefficient (Wildman–Crippen LogP) is 1.05. The number of carboxylic acid groups (broad SMARTS) is 1. The van der Waals surface area contributed by atoms with E-state index in [1.165, 1.54) is 4.90 Å². The van der Waals surface area contributed by atoms with Gasteiger partial charge in [-0.25, -0.2) is 0 Å². The zero-order valence-electron chi connectivity index (χ0n) is 11.1. The maximum atomic E-state index is 12.4. The number of hydrogen-bond acceptors (Lipinski definition) is 3. The Morgan fingerprint density at radius 3 is 2.80 bits per heavy atom. The number of carbonyl (C=O) groups is 3. The van der Waals surface area contributed by atoms with Gasteiger partial charge < -0.3 is 15.3 Å². The fourth-order valence-corrected chi connectivity index (χ4v) is 2.27. The van der Waals surface area contributed by atoms with Crippen molar-refractivity contribution in [2.24, 2.45) is 0 Å². The van der Waals surface area contributed by atoms with Gasteiger partial charge in [-0.3, -0.25) is 14.4 Å². The molecule has 0 radical (unpaired) electrons. The Bertz CT molecular complexity index is 556. The van der Waals surface area contributed by atoms with Gasteiger partial charge in [0.15, 0.2) is 0 Å². The number of anilines is 1. The monoisotopic (exact) mass is 276 g/mol. The fraction of sp³-hybridized carbons (Fsp3) is 0.357. The predicted molar refractivity (Wildman–Crippen MR) is 72.3 cm³/mol. The van der Waals surface area contributed by atoms with Gasteiger partial charge in [0.05, 0.1) is 12.3 Å². The normalized spacial score (nSPS) is 17.1. The highest BCUT2D eigenvalue weighted by Crippen LogP contribution is 2.33. The van der Waals surface area contributed by atoms with Crippen LogP contribution < -0.4 is 5.32 Å². The average Bonchev–Trinajstić information content (AvgIpc) is 2.42. The van der Waals surface area contributed by atoms with Gasteiger partial charge in [0.25, 0.3) is 0 Å². The number of para-hydroxylation sites is 1. The summed E-state index contributed by atoms with van der Waals surface area (Å²) in [5.41, 5.74) is 1.42. The lowest BCUT2D eigenvalue weighted by atomic mass is 9.89. The van der Waals surface area contributed by atoms with Crippen LogP contribution in [0.2, 0.25) is 0 Å². The summed E-state index contributed by atoms with van der Waals surface area (Å²) in [5, 5.41) is 11.4. The van der Waals surface area contributed by atoms with E-state index in [1.54, 1.807) is 19.2 Å². The Hall–Kier alpha value is -2.37. The Morgan fingerprint density at radius 1 is 1.40 bits per heavy atom. The average molecular weight is 276 g/mol. The summed E-state index contributed by atoms with van der Waals surface area (Å²) in [4.78, 5) is 35.9. The van der Waals surface area contributed by atoms with Crippen LogP contribution in [0.15, 0.2) is 24.3 Å². The molecule has 106 valence electrons. The number of fused-ring (bicyclic) bond motifs is 1. The Labute approximate surface area is 116 Å². The van der Waals surface area contributed by atoms with E-state index < -0.39 is 11.9 Å². The lowest BCUT2D eigenvalue weighted by Crippen LogP contribution is -2.37.